The van der Waals surface area contributed by atoms with Crippen LogP contribution in [0.2, 0.25) is 0 Å². The van der Waals surface area contributed by atoms with Gasteiger partial charge in [-0.25, -0.2) is 0 Å². The van der Waals surface area contributed by atoms with Crippen LogP contribution in [0.4, 0.5) is 0 Å². The maximum Gasteiger partial charge on any atom is 0.101 e. The van der Waals surface area contributed by atoms with Crippen molar-refractivity contribution < 1.29 is 0 Å². The average molecular weight is 144 g/mol. The van der Waals surface area contributed by atoms with Crippen LogP contribution in [-0.2, 0) is 0 Å². The Balaban J connectivity index is 2.44. The number of pyridine rings is 1. The van der Waals surface area contributed by atoms with E-state index < -0.39 is 0 Å². The van der Waals surface area contributed by atoms with E-state index in [1.807, 2.05) is 6.07 Å². The molecule has 11 heavy (non-hydrogen) atoms. The molecule has 0 bridgehead atoms. The zero-order valence-electron chi connectivity index (χ0n) is 6.12. The Hall–Kier alpha value is -1.36. The van der Waals surface area contributed by atoms with Crippen LogP contribution in [0, 0.1) is 11.3 Å². The lowest BCUT2D eigenvalue weighted by Gasteiger charge is -1.97. The van der Waals surface area contributed by atoms with E-state index >= 15 is 0 Å². The van der Waals surface area contributed by atoms with Crippen LogP contribution in [-0.4, -0.2) is 4.98 Å². The number of aromatic nitrogens is 1. The van der Waals surface area contributed by atoms with Crippen molar-refractivity contribution in [3.8, 4) is 6.07 Å². The van der Waals surface area contributed by atoms with Crippen molar-refractivity contribution in [2.24, 2.45) is 0 Å². The third-order valence-corrected chi connectivity index (χ3v) is 1.99. The molecule has 1 aromatic heterocycles. The first kappa shape index (κ1) is 6.36. The van der Waals surface area contributed by atoms with Crippen LogP contribution in [0.5, 0.6) is 0 Å². The summed E-state index contributed by atoms with van der Waals surface area (Å²) < 4.78 is 0. The molecule has 0 aliphatic heterocycles. The van der Waals surface area contributed by atoms with Crippen molar-refractivity contribution in [1.82, 2.24) is 4.98 Å². The van der Waals surface area contributed by atoms with E-state index in [2.05, 4.69) is 11.1 Å². The SMILES string of the molecule is N#Cc1cnccc1C1CC1. The molecule has 1 heterocycles. The smallest absolute Gasteiger partial charge is 0.101 e. The molecule has 0 saturated heterocycles. The van der Waals surface area contributed by atoms with Gasteiger partial charge < -0.3 is 0 Å². The molecule has 1 saturated carbocycles. The fourth-order valence-electron chi connectivity index (χ4n) is 1.25. The van der Waals surface area contributed by atoms with E-state index in [9.17, 15) is 0 Å². The number of hydrogen-bond donors (Lipinski definition) is 0. The predicted molar refractivity (Wildman–Crippen MR) is 40.9 cm³/mol. The van der Waals surface area contributed by atoms with Crippen molar-refractivity contribution in [1.29, 1.82) is 5.26 Å². The zero-order chi connectivity index (χ0) is 7.68. The van der Waals surface area contributed by atoms with Gasteiger partial charge in [0.1, 0.15) is 6.07 Å². The van der Waals surface area contributed by atoms with E-state index in [1.165, 1.54) is 18.4 Å². The molecule has 0 atom stereocenters. The lowest BCUT2D eigenvalue weighted by atomic mass is 10.1. The zero-order valence-corrected chi connectivity index (χ0v) is 6.12. The summed E-state index contributed by atoms with van der Waals surface area (Å²) in [6.45, 7) is 0. The monoisotopic (exact) mass is 144 g/mol. The summed E-state index contributed by atoms with van der Waals surface area (Å²) in [5, 5.41) is 8.71. The highest BCUT2D eigenvalue weighted by Crippen LogP contribution is 2.41. The summed E-state index contributed by atoms with van der Waals surface area (Å²) >= 11 is 0. The Labute approximate surface area is 65.5 Å². The van der Waals surface area contributed by atoms with E-state index in [1.54, 1.807) is 12.4 Å². The molecule has 2 rings (SSSR count). The maximum absolute atomic E-state index is 8.71. The van der Waals surface area contributed by atoms with Gasteiger partial charge in [-0.15, -0.1) is 0 Å². The Morgan fingerprint density at radius 3 is 3.00 bits per heavy atom. The summed E-state index contributed by atoms with van der Waals surface area (Å²) in [6, 6.07) is 4.11. The molecule has 2 heteroatoms. The minimum absolute atomic E-state index is 0.646. The molecule has 1 aromatic rings. The molecule has 0 radical (unpaired) electrons. The van der Waals surface area contributed by atoms with E-state index in [0.29, 0.717) is 5.92 Å². The van der Waals surface area contributed by atoms with Gasteiger partial charge in [0, 0.05) is 12.4 Å². The third-order valence-electron chi connectivity index (χ3n) is 1.99. The van der Waals surface area contributed by atoms with Gasteiger partial charge in [-0.05, 0) is 30.4 Å². The predicted octanol–water partition coefficient (Wildman–Crippen LogP) is 1.83. The first-order valence-corrected chi connectivity index (χ1v) is 3.76. The second-order valence-corrected chi connectivity index (χ2v) is 2.85. The number of hydrogen-bond acceptors (Lipinski definition) is 2. The minimum atomic E-state index is 0.646. The highest BCUT2D eigenvalue weighted by molar-refractivity contribution is 5.39. The normalized spacial score (nSPS) is 15.9. The van der Waals surface area contributed by atoms with Gasteiger partial charge in [0.15, 0.2) is 0 Å². The average Bonchev–Trinajstić information content (AvgIpc) is 2.87. The third kappa shape index (κ3) is 1.10. The minimum Gasteiger partial charge on any atom is -0.263 e. The van der Waals surface area contributed by atoms with Crippen molar-refractivity contribution >= 4 is 0 Å². The van der Waals surface area contributed by atoms with Crippen molar-refractivity contribution in [2.75, 3.05) is 0 Å². The molecule has 0 unspecified atom stereocenters. The first-order chi connectivity index (χ1) is 5.42. The fourth-order valence-corrected chi connectivity index (χ4v) is 1.25. The van der Waals surface area contributed by atoms with Gasteiger partial charge in [0.2, 0.25) is 0 Å². The van der Waals surface area contributed by atoms with Crippen molar-refractivity contribution in [3.05, 3.63) is 29.6 Å². The van der Waals surface area contributed by atoms with Gasteiger partial charge in [-0.3, -0.25) is 4.98 Å². The van der Waals surface area contributed by atoms with Crippen LogP contribution >= 0.6 is 0 Å². The van der Waals surface area contributed by atoms with Crippen LogP contribution in [0.25, 0.3) is 0 Å². The molecule has 1 fully saturated rings. The second-order valence-electron chi connectivity index (χ2n) is 2.85. The number of nitriles is 1. The Kier molecular flexibility index (Phi) is 1.36. The van der Waals surface area contributed by atoms with Gasteiger partial charge in [0.05, 0.1) is 5.56 Å². The Morgan fingerprint density at radius 2 is 2.36 bits per heavy atom. The molecule has 1 aliphatic carbocycles. The fraction of sp³-hybridized carbons (Fsp3) is 0.333. The molecule has 0 N–H and O–H groups in total. The van der Waals surface area contributed by atoms with Gasteiger partial charge in [-0.1, -0.05) is 0 Å². The molecule has 0 aromatic carbocycles. The van der Waals surface area contributed by atoms with E-state index in [4.69, 9.17) is 5.26 Å². The van der Waals surface area contributed by atoms with Crippen LogP contribution in [0.15, 0.2) is 18.5 Å². The summed E-state index contributed by atoms with van der Waals surface area (Å²) in [7, 11) is 0. The first-order valence-electron chi connectivity index (χ1n) is 3.76. The molecular formula is C9H8N2. The van der Waals surface area contributed by atoms with Crippen molar-refractivity contribution in [3.63, 3.8) is 0 Å². The Bertz CT molecular complexity index is 308. The molecule has 2 nitrogen and oxygen atoms in total. The summed E-state index contributed by atoms with van der Waals surface area (Å²) in [5.41, 5.74) is 1.93. The lowest BCUT2D eigenvalue weighted by Crippen LogP contribution is -1.86. The van der Waals surface area contributed by atoms with Crippen LogP contribution in [0.1, 0.15) is 29.9 Å². The van der Waals surface area contributed by atoms with Crippen molar-refractivity contribution in [2.45, 2.75) is 18.8 Å². The Morgan fingerprint density at radius 1 is 1.55 bits per heavy atom. The molecular weight excluding hydrogens is 136 g/mol. The molecule has 54 valence electrons. The highest BCUT2D eigenvalue weighted by Gasteiger charge is 2.25. The highest BCUT2D eigenvalue weighted by atomic mass is 14.6. The quantitative estimate of drug-likeness (QED) is 0.603. The molecule has 1 aliphatic rings. The summed E-state index contributed by atoms with van der Waals surface area (Å²) in [5.74, 6) is 0.646. The summed E-state index contributed by atoms with van der Waals surface area (Å²) in [6.07, 6.45) is 5.87. The van der Waals surface area contributed by atoms with E-state index in [0.717, 1.165) is 5.56 Å². The van der Waals surface area contributed by atoms with Gasteiger partial charge in [0.25, 0.3) is 0 Å². The molecule has 0 spiro atoms. The molecule has 0 amide bonds. The topological polar surface area (TPSA) is 36.7 Å². The van der Waals surface area contributed by atoms with Gasteiger partial charge >= 0.3 is 0 Å². The second kappa shape index (κ2) is 2.35. The maximum atomic E-state index is 8.71. The summed E-state index contributed by atoms with van der Waals surface area (Å²) in [4.78, 5) is 3.90. The van der Waals surface area contributed by atoms with Crippen LogP contribution < -0.4 is 0 Å². The lowest BCUT2D eigenvalue weighted by molar-refractivity contribution is 1.09. The number of nitrogens with zero attached hydrogens (tertiary/aromatic N) is 2. The van der Waals surface area contributed by atoms with Gasteiger partial charge in [-0.2, -0.15) is 5.26 Å². The van der Waals surface area contributed by atoms with E-state index in [-0.39, 0.29) is 0 Å². The standard InChI is InChI=1S/C9H8N2/c10-5-8-6-11-4-3-9(8)7-1-2-7/h3-4,6-7H,1-2H2. The van der Waals surface area contributed by atoms with Crippen LogP contribution in [0.3, 0.4) is 0 Å². The number of rotatable bonds is 1. The largest absolute Gasteiger partial charge is 0.263 e.